The van der Waals surface area contributed by atoms with Gasteiger partial charge in [0.25, 0.3) is 0 Å². The van der Waals surface area contributed by atoms with Crippen LogP contribution >= 0.6 is 0 Å². The molecule has 1 fully saturated rings. The molecule has 1 rings (SSSR count). The summed E-state index contributed by atoms with van der Waals surface area (Å²) in [6, 6.07) is 0.481. The maximum Gasteiger partial charge on any atom is 0.411 e. The lowest BCUT2D eigenvalue weighted by Gasteiger charge is -2.35. The van der Waals surface area contributed by atoms with Gasteiger partial charge in [-0.15, -0.1) is 0 Å². The summed E-state index contributed by atoms with van der Waals surface area (Å²) in [6.07, 6.45) is -3.56. The van der Waals surface area contributed by atoms with Crippen molar-refractivity contribution in [3.63, 3.8) is 0 Å². The number of hydrogen-bond acceptors (Lipinski definition) is 3. The van der Waals surface area contributed by atoms with E-state index in [0.717, 1.165) is 26.2 Å². The quantitative estimate of drug-likeness (QED) is 0.744. The Morgan fingerprint density at radius 3 is 2.72 bits per heavy atom. The molecule has 0 spiro atoms. The van der Waals surface area contributed by atoms with Crippen molar-refractivity contribution in [2.75, 3.05) is 39.4 Å². The summed E-state index contributed by atoms with van der Waals surface area (Å²) in [4.78, 5) is 2.29. The summed E-state index contributed by atoms with van der Waals surface area (Å²) in [6.45, 7) is 7.08. The molecule has 6 heteroatoms. The standard InChI is InChI=1S/C12H23F3N2O/c1-10(2)11-8-17(6-4-16-11)5-3-7-18-9-12(13,14)15/h10-11,16H,3-9H2,1-2H3. The van der Waals surface area contributed by atoms with E-state index in [1.54, 1.807) is 0 Å². The van der Waals surface area contributed by atoms with Crippen LogP contribution in [0.3, 0.4) is 0 Å². The van der Waals surface area contributed by atoms with Crippen LogP contribution in [0.25, 0.3) is 0 Å². The fraction of sp³-hybridized carbons (Fsp3) is 1.00. The van der Waals surface area contributed by atoms with E-state index >= 15 is 0 Å². The van der Waals surface area contributed by atoms with Gasteiger partial charge in [0.1, 0.15) is 6.61 Å². The first kappa shape index (κ1) is 15.7. The van der Waals surface area contributed by atoms with Crippen LogP contribution in [0.4, 0.5) is 13.2 Å². The van der Waals surface area contributed by atoms with Crippen LogP contribution in [0, 0.1) is 5.92 Å². The van der Waals surface area contributed by atoms with Crippen LogP contribution < -0.4 is 5.32 Å². The highest BCUT2D eigenvalue weighted by molar-refractivity contribution is 4.80. The van der Waals surface area contributed by atoms with E-state index in [4.69, 9.17) is 0 Å². The fourth-order valence-electron chi connectivity index (χ4n) is 2.07. The van der Waals surface area contributed by atoms with Gasteiger partial charge in [-0.3, -0.25) is 0 Å². The van der Waals surface area contributed by atoms with E-state index in [1.807, 2.05) is 0 Å². The molecular formula is C12H23F3N2O. The number of nitrogens with one attached hydrogen (secondary N) is 1. The Bertz CT molecular complexity index is 234. The molecule has 0 aromatic heterocycles. The minimum Gasteiger partial charge on any atom is -0.372 e. The van der Waals surface area contributed by atoms with Gasteiger partial charge < -0.3 is 15.0 Å². The first-order valence-electron chi connectivity index (χ1n) is 6.49. The minimum atomic E-state index is -4.21. The van der Waals surface area contributed by atoms with Gasteiger partial charge in [0, 0.05) is 38.8 Å². The van der Waals surface area contributed by atoms with E-state index in [2.05, 4.69) is 28.8 Å². The lowest BCUT2D eigenvalue weighted by Crippen LogP contribution is -2.53. The third kappa shape index (κ3) is 6.56. The molecule has 0 aliphatic carbocycles. The number of nitrogens with zero attached hydrogens (tertiary/aromatic N) is 1. The van der Waals surface area contributed by atoms with Gasteiger partial charge in [0.2, 0.25) is 0 Å². The maximum atomic E-state index is 11.8. The molecule has 1 N–H and O–H groups in total. The number of alkyl halides is 3. The van der Waals surface area contributed by atoms with E-state index < -0.39 is 12.8 Å². The van der Waals surface area contributed by atoms with Crippen molar-refractivity contribution >= 4 is 0 Å². The predicted molar refractivity (Wildman–Crippen MR) is 64.6 cm³/mol. The Morgan fingerprint density at radius 1 is 1.39 bits per heavy atom. The first-order chi connectivity index (χ1) is 8.38. The molecule has 0 bridgehead atoms. The number of halogens is 3. The van der Waals surface area contributed by atoms with Crippen molar-refractivity contribution in [1.82, 2.24) is 10.2 Å². The summed E-state index contributed by atoms with van der Waals surface area (Å²) in [5.74, 6) is 0.578. The van der Waals surface area contributed by atoms with Gasteiger partial charge in [0.05, 0.1) is 0 Å². The molecule has 1 saturated heterocycles. The van der Waals surface area contributed by atoms with Crippen molar-refractivity contribution in [3.05, 3.63) is 0 Å². The van der Waals surface area contributed by atoms with Gasteiger partial charge in [-0.05, 0) is 12.3 Å². The molecule has 0 saturated carbocycles. The Kier molecular flexibility index (Phi) is 6.38. The monoisotopic (exact) mass is 268 g/mol. The smallest absolute Gasteiger partial charge is 0.372 e. The molecule has 0 radical (unpaired) electrons. The molecule has 18 heavy (non-hydrogen) atoms. The van der Waals surface area contributed by atoms with Gasteiger partial charge in [-0.2, -0.15) is 13.2 Å². The summed E-state index contributed by atoms with van der Waals surface area (Å²) < 4.78 is 40.1. The molecule has 1 aliphatic heterocycles. The lowest BCUT2D eigenvalue weighted by atomic mass is 10.0. The fourth-order valence-corrected chi connectivity index (χ4v) is 2.07. The number of hydrogen-bond donors (Lipinski definition) is 1. The Balaban J connectivity index is 2.08. The van der Waals surface area contributed by atoms with Crippen molar-refractivity contribution < 1.29 is 17.9 Å². The molecule has 0 aromatic rings. The van der Waals surface area contributed by atoms with E-state index in [1.165, 1.54) is 0 Å². The highest BCUT2D eigenvalue weighted by Gasteiger charge is 2.27. The Labute approximate surface area is 107 Å². The van der Waals surface area contributed by atoms with Crippen molar-refractivity contribution in [1.29, 1.82) is 0 Å². The second-order valence-corrected chi connectivity index (χ2v) is 5.13. The molecular weight excluding hydrogens is 245 g/mol. The SMILES string of the molecule is CC(C)C1CN(CCCOCC(F)(F)F)CCN1. The number of ether oxygens (including phenoxy) is 1. The zero-order chi connectivity index (χ0) is 13.6. The average Bonchev–Trinajstić information content (AvgIpc) is 2.27. The average molecular weight is 268 g/mol. The molecule has 1 unspecified atom stereocenters. The topological polar surface area (TPSA) is 24.5 Å². The van der Waals surface area contributed by atoms with Gasteiger partial charge in [-0.25, -0.2) is 0 Å². The molecule has 1 heterocycles. The number of piperazine rings is 1. The van der Waals surface area contributed by atoms with E-state index in [0.29, 0.717) is 18.4 Å². The zero-order valence-corrected chi connectivity index (χ0v) is 11.1. The third-order valence-corrected chi connectivity index (χ3v) is 3.12. The predicted octanol–water partition coefficient (Wildman–Crippen LogP) is 1.89. The Hall–Kier alpha value is -0.330. The largest absolute Gasteiger partial charge is 0.411 e. The number of rotatable bonds is 6. The van der Waals surface area contributed by atoms with Crippen LogP contribution in [0.2, 0.25) is 0 Å². The summed E-state index contributed by atoms with van der Waals surface area (Å²) in [5, 5.41) is 3.45. The van der Waals surface area contributed by atoms with Crippen molar-refractivity contribution in [3.8, 4) is 0 Å². The van der Waals surface area contributed by atoms with Gasteiger partial charge in [0.15, 0.2) is 0 Å². The molecule has 1 aliphatic rings. The molecule has 108 valence electrons. The minimum absolute atomic E-state index is 0.176. The second-order valence-electron chi connectivity index (χ2n) is 5.13. The molecule has 3 nitrogen and oxygen atoms in total. The van der Waals surface area contributed by atoms with Crippen LogP contribution in [-0.2, 0) is 4.74 Å². The first-order valence-corrected chi connectivity index (χ1v) is 6.49. The lowest BCUT2D eigenvalue weighted by molar-refractivity contribution is -0.174. The second kappa shape index (κ2) is 7.31. The van der Waals surface area contributed by atoms with E-state index in [-0.39, 0.29) is 6.61 Å². The van der Waals surface area contributed by atoms with Crippen LogP contribution in [0.1, 0.15) is 20.3 Å². The third-order valence-electron chi connectivity index (χ3n) is 3.12. The summed E-state index contributed by atoms with van der Waals surface area (Å²) in [5.41, 5.74) is 0. The van der Waals surface area contributed by atoms with E-state index in [9.17, 15) is 13.2 Å². The normalized spacial score (nSPS) is 22.7. The maximum absolute atomic E-state index is 11.8. The molecule has 0 amide bonds. The van der Waals surface area contributed by atoms with Crippen LogP contribution in [-0.4, -0.2) is 56.5 Å². The summed E-state index contributed by atoms with van der Waals surface area (Å²) in [7, 11) is 0. The van der Waals surface area contributed by atoms with Gasteiger partial charge >= 0.3 is 6.18 Å². The highest BCUT2D eigenvalue weighted by atomic mass is 19.4. The highest BCUT2D eigenvalue weighted by Crippen LogP contribution is 2.14. The van der Waals surface area contributed by atoms with Crippen LogP contribution in [0.15, 0.2) is 0 Å². The molecule has 1 atom stereocenters. The van der Waals surface area contributed by atoms with Crippen molar-refractivity contribution in [2.45, 2.75) is 32.5 Å². The summed E-state index contributed by atoms with van der Waals surface area (Å²) >= 11 is 0. The van der Waals surface area contributed by atoms with Crippen molar-refractivity contribution in [2.24, 2.45) is 5.92 Å². The zero-order valence-electron chi connectivity index (χ0n) is 11.1. The van der Waals surface area contributed by atoms with Crippen LogP contribution in [0.5, 0.6) is 0 Å². The molecule has 0 aromatic carbocycles. The van der Waals surface area contributed by atoms with Gasteiger partial charge in [-0.1, -0.05) is 13.8 Å². The Morgan fingerprint density at radius 2 is 2.11 bits per heavy atom.